The molecular weight excluding hydrogens is 583 g/mol. The number of benzene rings is 1. The first-order valence-electron chi connectivity index (χ1n) is 16.7. The van der Waals surface area contributed by atoms with Crippen molar-refractivity contribution in [2.45, 2.75) is 87.5 Å². The molecule has 46 heavy (non-hydrogen) atoms. The summed E-state index contributed by atoms with van der Waals surface area (Å²) in [5, 5.41) is 3.48. The summed E-state index contributed by atoms with van der Waals surface area (Å²) in [6.45, 7) is 1.84. The third-order valence-corrected chi connectivity index (χ3v) is 10.5. The summed E-state index contributed by atoms with van der Waals surface area (Å²) in [4.78, 5) is 40.3. The number of nitrogens with zero attached hydrogens (tertiary/aromatic N) is 5. The van der Waals surface area contributed by atoms with E-state index >= 15 is 4.39 Å². The molecule has 4 aliphatic rings. The molecule has 9 nitrogen and oxygen atoms in total. The Morgan fingerprint density at radius 3 is 2.74 bits per heavy atom. The number of ether oxygens (including phenoxy) is 1. The van der Waals surface area contributed by atoms with E-state index in [0.29, 0.717) is 25.4 Å². The molecule has 1 saturated heterocycles. The van der Waals surface area contributed by atoms with Gasteiger partial charge in [0.15, 0.2) is 5.78 Å². The van der Waals surface area contributed by atoms with E-state index in [1.165, 1.54) is 5.56 Å². The summed E-state index contributed by atoms with van der Waals surface area (Å²) in [5.74, 6) is -0.874. The number of Topliss-reactive ketones (excluding diaryl/α,β-unsaturated/α-hetero) is 1. The molecule has 7 rings (SSSR count). The van der Waals surface area contributed by atoms with Crippen LogP contribution in [-0.2, 0) is 27.3 Å². The molecule has 0 bridgehead atoms. The van der Waals surface area contributed by atoms with Crippen LogP contribution >= 0.6 is 0 Å². The standard InChI is InChI=1S/C36H43FN6O3/c1-41(18-13-26-10-5-6-14-39-26)36(45)28-22-43-30-20-25(24-8-3-2-4-9-24)11-12-31(30)46-35-32(29(37)21-27(33(35)43)34(28)44)40-15-7-17-42-19-16-38-23-42/h2-6,8-10,14,16,19,22-23,25,27,29-33,35,40H,7,11-13,15,17-18,20-21H2,1H3. The van der Waals surface area contributed by atoms with Crippen LogP contribution in [0, 0.1) is 5.92 Å². The van der Waals surface area contributed by atoms with Gasteiger partial charge < -0.3 is 24.4 Å². The Balaban J connectivity index is 1.15. The number of hydrogen-bond acceptors (Lipinski definition) is 7. The fourth-order valence-electron chi connectivity index (χ4n) is 8.11. The normalized spacial score (nSPS) is 30.3. The summed E-state index contributed by atoms with van der Waals surface area (Å²) >= 11 is 0. The maximum Gasteiger partial charge on any atom is 0.258 e. The lowest BCUT2D eigenvalue weighted by Crippen LogP contribution is -2.73. The Morgan fingerprint density at radius 1 is 1.11 bits per heavy atom. The summed E-state index contributed by atoms with van der Waals surface area (Å²) in [6.07, 6.45) is 11.3. The van der Waals surface area contributed by atoms with Crippen LogP contribution in [0.4, 0.5) is 4.39 Å². The Morgan fingerprint density at radius 2 is 1.96 bits per heavy atom. The highest BCUT2D eigenvalue weighted by Gasteiger charge is 2.59. The van der Waals surface area contributed by atoms with Crippen molar-refractivity contribution in [1.29, 1.82) is 0 Å². The van der Waals surface area contributed by atoms with Crippen LogP contribution in [0.25, 0.3) is 0 Å². The zero-order chi connectivity index (χ0) is 31.6. The van der Waals surface area contributed by atoms with Crippen LogP contribution in [0.2, 0.25) is 0 Å². The topological polar surface area (TPSA) is 92.6 Å². The fraction of sp³-hybridized carbons (Fsp3) is 0.500. The second-order valence-electron chi connectivity index (χ2n) is 13.3. The number of hydrogen-bond donors (Lipinski definition) is 1. The number of carbonyl (C=O) groups excluding carboxylic acids is 2. The van der Waals surface area contributed by atoms with E-state index in [9.17, 15) is 9.59 Å². The highest BCUT2D eigenvalue weighted by atomic mass is 19.1. The number of nitrogens with one attached hydrogen (secondary N) is 1. The molecule has 242 valence electrons. The second-order valence-corrected chi connectivity index (χ2v) is 13.3. The lowest BCUT2D eigenvalue weighted by molar-refractivity contribution is -0.198. The minimum Gasteiger partial charge on any atom is -0.369 e. The van der Waals surface area contributed by atoms with Gasteiger partial charge in [0.05, 0.1) is 42.2 Å². The van der Waals surface area contributed by atoms with E-state index < -0.39 is 24.2 Å². The van der Waals surface area contributed by atoms with Crippen molar-refractivity contribution >= 4 is 11.7 Å². The van der Waals surface area contributed by atoms with Crippen molar-refractivity contribution in [1.82, 2.24) is 29.7 Å². The number of amides is 1. The zero-order valence-electron chi connectivity index (χ0n) is 26.3. The molecule has 8 atom stereocenters. The maximum atomic E-state index is 16.1. The van der Waals surface area contributed by atoms with E-state index in [0.717, 1.165) is 37.9 Å². The van der Waals surface area contributed by atoms with Gasteiger partial charge in [-0.05, 0) is 62.3 Å². The molecular formula is C36H43FN6O3. The maximum absolute atomic E-state index is 16.1. The van der Waals surface area contributed by atoms with Gasteiger partial charge in [-0.25, -0.2) is 9.37 Å². The number of fused-ring (bicyclic) bond motifs is 2. The molecule has 1 amide bonds. The number of rotatable bonds is 10. The van der Waals surface area contributed by atoms with Crippen LogP contribution in [0.15, 0.2) is 85.2 Å². The predicted octanol–water partition coefficient (Wildman–Crippen LogP) is 3.93. The van der Waals surface area contributed by atoms with Crippen molar-refractivity contribution in [2.75, 3.05) is 20.1 Å². The van der Waals surface area contributed by atoms with Gasteiger partial charge in [-0.15, -0.1) is 0 Å². The third kappa shape index (κ3) is 6.12. The number of aromatic nitrogens is 3. The first kappa shape index (κ1) is 30.7. The van der Waals surface area contributed by atoms with Crippen LogP contribution in [-0.4, -0.2) is 92.7 Å². The van der Waals surface area contributed by atoms with E-state index in [-0.39, 0.29) is 41.9 Å². The Kier molecular flexibility index (Phi) is 8.99. The number of likely N-dealkylation sites (N-methyl/N-ethyl adjacent to an activating group) is 1. The molecule has 2 aromatic heterocycles. The minimum atomic E-state index is -1.26. The third-order valence-electron chi connectivity index (χ3n) is 10.5. The van der Waals surface area contributed by atoms with Gasteiger partial charge in [0.2, 0.25) is 0 Å². The fourth-order valence-corrected chi connectivity index (χ4v) is 8.11. The van der Waals surface area contributed by atoms with E-state index in [1.807, 2.05) is 41.2 Å². The van der Waals surface area contributed by atoms with Gasteiger partial charge in [0.25, 0.3) is 5.91 Å². The number of ketones is 1. The Bertz CT molecular complexity index is 1520. The van der Waals surface area contributed by atoms with Gasteiger partial charge in [-0.1, -0.05) is 36.4 Å². The van der Waals surface area contributed by atoms with Gasteiger partial charge in [-0.2, -0.15) is 0 Å². The summed E-state index contributed by atoms with van der Waals surface area (Å²) in [5.41, 5.74) is 2.34. The van der Waals surface area contributed by atoms with Crippen molar-refractivity contribution in [3.05, 3.63) is 96.5 Å². The molecule has 3 fully saturated rings. The number of imidazole rings is 1. The van der Waals surface area contributed by atoms with Crippen LogP contribution < -0.4 is 5.32 Å². The van der Waals surface area contributed by atoms with Gasteiger partial charge in [0, 0.05) is 63.0 Å². The molecule has 8 unspecified atom stereocenters. The first-order chi connectivity index (χ1) is 22.5. The molecule has 0 radical (unpaired) electrons. The molecule has 2 aliphatic heterocycles. The summed E-state index contributed by atoms with van der Waals surface area (Å²) in [7, 11) is 1.73. The largest absolute Gasteiger partial charge is 0.369 e. The van der Waals surface area contributed by atoms with Crippen molar-refractivity contribution in [3.8, 4) is 0 Å². The van der Waals surface area contributed by atoms with Crippen LogP contribution in [0.3, 0.4) is 0 Å². The molecule has 1 aromatic carbocycles. The van der Waals surface area contributed by atoms with Crippen LogP contribution in [0.1, 0.15) is 49.3 Å². The van der Waals surface area contributed by atoms with E-state index in [4.69, 9.17) is 4.74 Å². The molecule has 4 heterocycles. The van der Waals surface area contributed by atoms with Crippen molar-refractivity contribution in [3.63, 3.8) is 0 Å². The predicted molar refractivity (Wildman–Crippen MR) is 171 cm³/mol. The Labute approximate surface area is 269 Å². The molecule has 2 saturated carbocycles. The van der Waals surface area contributed by atoms with Crippen molar-refractivity contribution < 1.29 is 18.7 Å². The molecule has 1 N–H and O–H groups in total. The number of aryl methyl sites for hydroxylation is 1. The molecule has 0 spiro atoms. The first-order valence-corrected chi connectivity index (χ1v) is 16.7. The minimum absolute atomic E-state index is 0.00418. The van der Waals surface area contributed by atoms with Crippen LogP contribution in [0.5, 0.6) is 0 Å². The number of morpholine rings is 1. The lowest BCUT2D eigenvalue weighted by Gasteiger charge is -2.59. The number of carbonyl (C=O) groups is 2. The smallest absolute Gasteiger partial charge is 0.258 e. The molecule has 3 aromatic rings. The highest BCUT2D eigenvalue weighted by molar-refractivity contribution is 6.20. The average molecular weight is 627 g/mol. The van der Waals surface area contributed by atoms with Gasteiger partial charge >= 0.3 is 0 Å². The SMILES string of the molecule is CN(CCc1ccccn1)C(=O)C1=CN2C3CC(c4ccccc4)CCC3OC3C(NCCCn4ccnc4)C(F)CC(C1=O)C32. The molecule has 10 heteroatoms. The highest BCUT2D eigenvalue weighted by Crippen LogP contribution is 2.48. The van der Waals surface area contributed by atoms with Crippen molar-refractivity contribution in [2.24, 2.45) is 5.92 Å². The Hall–Kier alpha value is -3.89. The summed E-state index contributed by atoms with van der Waals surface area (Å²) in [6, 6.07) is 15.4. The number of pyridine rings is 1. The monoisotopic (exact) mass is 626 g/mol. The second kappa shape index (κ2) is 13.5. The summed E-state index contributed by atoms with van der Waals surface area (Å²) < 4.78 is 25.0. The quantitative estimate of drug-likeness (QED) is 0.269. The average Bonchev–Trinajstić information content (AvgIpc) is 3.61. The number of halogens is 1. The van der Waals surface area contributed by atoms with E-state index in [1.54, 1.807) is 30.7 Å². The van der Waals surface area contributed by atoms with Gasteiger partial charge in [0.1, 0.15) is 6.17 Å². The van der Waals surface area contributed by atoms with E-state index in [2.05, 4.69) is 44.5 Å². The van der Waals surface area contributed by atoms with Gasteiger partial charge in [-0.3, -0.25) is 14.6 Å². The lowest BCUT2D eigenvalue weighted by atomic mass is 9.68. The molecule has 2 aliphatic carbocycles. The number of alkyl halides is 1. The zero-order valence-corrected chi connectivity index (χ0v) is 26.3.